The Morgan fingerprint density at radius 3 is 2.62 bits per heavy atom. The highest BCUT2D eigenvalue weighted by atomic mass is 16.5. The molecule has 0 bridgehead atoms. The molecule has 1 aliphatic heterocycles. The number of ether oxygens (including phenoxy) is 1. The summed E-state index contributed by atoms with van der Waals surface area (Å²) >= 11 is 0. The molecule has 1 saturated heterocycles. The number of nitrogens with one attached hydrogen (secondary N) is 1. The summed E-state index contributed by atoms with van der Waals surface area (Å²) in [6.07, 6.45) is 4.03. The number of hydrogen-bond acceptors (Lipinski definition) is 6. The van der Waals surface area contributed by atoms with Crippen LogP contribution >= 0.6 is 0 Å². The molecule has 1 fully saturated rings. The van der Waals surface area contributed by atoms with Gasteiger partial charge in [0.1, 0.15) is 5.82 Å². The summed E-state index contributed by atoms with van der Waals surface area (Å²) in [6.45, 7) is 7.77. The van der Waals surface area contributed by atoms with Gasteiger partial charge < -0.3 is 15.0 Å². The van der Waals surface area contributed by atoms with E-state index in [1.54, 1.807) is 12.4 Å². The van der Waals surface area contributed by atoms with Crippen LogP contribution in [0.25, 0.3) is 11.4 Å². The van der Waals surface area contributed by atoms with Gasteiger partial charge in [0.2, 0.25) is 5.91 Å². The van der Waals surface area contributed by atoms with Gasteiger partial charge in [-0.2, -0.15) is 0 Å². The molecule has 1 N–H and O–H groups in total. The van der Waals surface area contributed by atoms with Crippen LogP contribution in [0.3, 0.4) is 0 Å². The average molecular weight is 355 g/mol. The van der Waals surface area contributed by atoms with Crippen molar-refractivity contribution in [3.8, 4) is 11.4 Å². The molecule has 0 saturated carbocycles. The van der Waals surface area contributed by atoms with Crippen molar-refractivity contribution in [1.82, 2.24) is 19.9 Å². The zero-order valence-electron chi connectivity index (χ0n) is 15.5. The van der Waals surface area contributed by atoms with Crippen LogP contribution in [0.4, 0.5) is 5.82 Å². The fourth-order valence-corrected chi connectivity index (χ4v) is 3.13. The van der Waals surface area contributed by atoms with Gasteiger partial charge in [-0.1, -0.05) is 0 Å². The third kappa shape index (κ3) is 4.76. The van der Waals surface area contributed by atoms with E-state index >= 15 is 0 Å². The molecule has 7 nitrogen and oxygen atoms in total. The number of anilines is 1. The molecule has 0 aromatic carbocycles. The summed E-state index contributed by atoms with van der Waals surface area (Å²) in [5.41, 5.74) is 1.79. The lowest BCUT2D eigenvalue weighted by Gasteiger charge is -2.35. The van der Waals surface area contributed by atoms with Gasteiger partial charge in [0, 0.05) is 55.8 Å². The quantitative estimate of drug-likeness (QED) is 0.886. The van der Waals surface area contributed by atoms with Gasteiger partial charge in [0.05, 0.1) is 12.2 Å². The lowest BCUT2D eigenvalue weighted by Crippen LogP contribution is -2.48. The smallest absolute Gasteiger partial charge is 0.224 e. The third-order valence-electron chi connectivity index (χ3n) is 4.21. The number of nitrogens with zero attached hydrogens (tertiary/aromatic N) is 4. The van der Waals surface area contributed by atoms with Gasteiger partial charge in [0.15, 0.2) is 5.82 Å². The van der Waals surface area contributed by atoms with E-state index in [0.717, 1.165) is 17.1 Å². The summed E-state index contributed by atoms with van der Waals surface area (Å²) < 4.78 is 5.68. The Kier molecular flexibility index (Phi) is 5.78. The molecule has 3 rings (SSSR count). The summed E-state index contributed by atoms with van der Waals surface area (Å²) in [5, 5.41) is 3.24. The molecule has 138 valence electrons. The van der Waals surface area contributed by atoms with Gasteiger partial charge in [-0.25, -0.2) is 9.97 Å². The summed E-state index contributed by atoms with van der Waals surface area (Å²) in [6, 6.07) is 5.64. The van der Waals surface area contributed by atoms with E-state index in [9.17, 15) is 4.79 Å². The van der Waals surface area contributed by atoms with Crippen molar-refractivity contribution in [2.24, 2.45) is 0 Å². The molecule has 0 aliphatic carbocycles. The molecule has 7 heteroatoms. The van der Waals surface area contributed by atoms with Crippen LogP contribution in [0.2, 0.25) is 0 Å². The second-order valence-corrected chi connectivity index (χ2v) is 6.69. The van der Waals surface area contributed by atoms with Crippen molar-refractivity contribution in [3.63, 3.8) is 0 Å². The first-order valence-electron chi connectivity index (χ1n) is 8.94. The second-order valence-electron chi connectivity index (χ2n) is 6.69. The van der Waals surface area contributed by atoms with Gasteiger partial charge in [0.25, 0.3) is 0 Å². The van der Waals surface area contributed by atoms with Crippen molar-refractivity contribution in [2.75, 3.05) is 25.0 Å². The molecule has 0 spiro atoms. The van der Waals surface area contributed by atoms with E-state index in [2.05, 4.69) is 20.3 Å². The number of hydrogen-bond donors (Lipinski definition) is 1. The molecule has 1 aliphatic rings. The Balaban J connectivity index is 1.58. The molecule has 0 radical (unpaired) electrons. The van der Waals surface area contributed by atoms with Crippen molar-refractivity contribution in [1.29, 1.82) is 0 Å². The standard InChI is InChI=1S/C19H25N5O2/c1-13-10-17(23-19(22-13)16-4-7-20-8-5-16)21-9-6-18(25)24-11-14(2)26-15(3)12-24/h4-5,7-8,10,14-15H,6,9,11-12H2,1-3H3,(H,21,22,23). The molecule has 1 amide bonds. The van der Waals surface area contributed by atoms with Crippen molar-refractivity contribution >= 4 is 11.7 Å². The maximum atomic E-state index is 12.4. The average Bonchev–Trinajstić information content (AvgIpc) is 2.61. The summed E-state index contributed by atoms with van der Waals surface area (Å²) in [5.74, 6) is 1.51. The third-order valence-corrected chi connectivity index (χ3v) is 4.21. The zero-order chi connectivity index (χ0) is 18.5. The Morgan fingerprint density at radius 1 is 1.23 bits per heavy atom. The van der Waals surface area contributed by atoms with Crippen LogP contribution in [0.15, 0.2) is 30.6 Å². The van der Waals surface area contributed by atoms with E-state index in [1.807, 2.05) is 43.9 Å². The van der Waals surface area contributed by atoms with Gasteiger partial charge >= 0.3 is 0 Å². The molecule has 2 atom stereocenters. The fraction of sp³-hybridized carbons (Fsp3) is 0.474. The lowest BCUT2D eigenvalue weighted by atomic mass is 10.2. The van der Waals surface area contributed by atoms with Gasteiger partial charge in [-0.15, -0.1) is 0 Å². The van der Waals surface area contributed by atoms with Crippen LogP contribution in [0.1, 0.15) is 26.0 Å². The SMILES string of the molecule is Cc1cc(NCCC(=O)N2CC(C)OC(C)C2)nc(-c2ccncc2)n1. The first-order valence-corrected chi connectivity index (χ1v) is 8.94. The van der Waals surface area contributed by atoms with E-state index in [0.29, 0.717) is 31.9 Å². The van der Waals surface area contributed by atoms with Crippen LogP contribution in [-0.4, -0.2) is 57.6 Å². The highest BCUT2D eigenvalue weighted by Gasteiger charge is 2.25. The highest BCUT2D eigenvalue weighted by Crippen LogP contribution is 2.17. The molecule has 2 aromatic heterocycles. The molecule has 2 unspecified atom stereocenters. The fourth-order valence-electron chi connectivity index (χ4n) is 3.13. The first-order chi connectivity index (χ1) is 12.5. The predicted octanol–water partition coefficient (Wildman–Crippen LogP) is 2.28. The zero-order valence-corrected chi connectivity index (χ0v) is 15.5. The highest BCUT2D eigenvalue weighted by molar-refractivity contribution is 5.77. The van der Waals surface area contributed by atoms with Crippen LogP contribution in [-0.2, 0) is 9.53 Å². The normalized spacial score (nSPS) is 20.0. The number of rotatable bonds is 5. The monoisotopic (exact) mass is 355 g/mol. The largest absolute Gasteiger partial charge is 0.372 e. The first kappa shape index (κ1) is 18.3. The molecule has 2 aromatic rings. The number of aryl methyl sites for hydroxylation is 1. The Bertz CT molecular complexity index is 743. The van der Waals surface area contributed by atoms with Gasteiger partial charge in [-0.05, 0) is 32.9 Å². The molecular formula is C19H25N5O2. The topological polar surface area (TPSA) is 80.2 Å². The van der Waals surface area contributed by atoms with Crippen molar-refractivity contribution in [3.05, 3.63) is 36.3 Å². The van der Waals surface area contributed by atoms with E-state index < -0.39 is 0 Å². The lowest BCUT2D eigenvalue weighted by molar-refractivity contribution is -0.142. The van der Waals surface area contributed by atoms with E-state index in [1.165, 1.54) is 0 Å². The second kappa shape index (κ2) is 8.23. The van der Waals surface area contributed by atoms with Crippen LogP contribution < -0.4 is 5.32 Å². The number of carbonyl (C=O) groups is 1. The maximum Gasteiger partial charge on any atom is 0.224 e. The Labute approximate surface area is 153 Å². The number of aromatic nitrogens is 3. The predicted molar refractivity (Wildman–Crippen MR) is 99.7 cm³/mol. The summed E-state index contributed by atoms with van der Waals surface area (Å²) in [4.78, 5) is 27.3. The number of amides is 1. The van der Waals surface area contributed by atoms with E-state index in [4.69, 9.17) is 4.74 Å². The molecule has 3 heterocycles. The van der Waals surface area contributed by atoms with Crippen molar-refractivity contribution in [2.45, 2.75) is 39.4 Å². The minimum absolute atomic E-state index is 0.0862. The summed E-state index contributed by atoms with van der Waals surface area (Å²) in [7, 11) is 0. The van der Waals surface area contributed by atoms with Crippen LogP contribution in [0.5, 0.6) is 0 Å². The molecular weight excluding hydrogens is 330 g/mol. The number of morpholine rings is 1. The Morgan fingerprint density at radius 2 is 1.92 bits per heavy atom. The van der Waals surface area contributed by atoms with Crippen molar-refractivity contribution < 1.29 is 9.53 Å². The Hall–Kier alpha value is -2.54. The van der Waals surface area contributed by atoms with Crippen LogP contribution in [0, 0.1) is 6.92 Å². The van der Waals surface area contributed by atoms with Gasteiger partial charge in [-0.3, -0.25) is 9.78 Å². The minimum atomic E-state index is 0.0862. The number of pyridine rings is 1. The molecule has 26 heavy (non-hydrogen) atoms. The maximum absolute atomic E-state index is 12.4. The minimum Gasteiger partial charge on any atom is -0.372 e. The van der Waals surface area contributed by atoms with E-state index in [-0.39, 0.29) is 18.1 Å². The number of carbonyl (C=O) groups excluding carboxylic acids is 1.